The minimum atomic E-state index is -1.63. The highest BCUT2D eigenvalue weighted by molar-refractivity contribution is 5.70. The molecule has 0 spiro atoms. The first-order valence-electron chi connectivity index (χ1n) is 34.4. The topological polar surface area (TPSA) is 111 Å². The van der Waals surface area contributed by atoms with Crippen LogP contribution in [0.2, 0.25) is 0 Å². The van der Waals surface area contributed by atoms with Gasteiger partial charge in [-0.2, -0.15) is 0 Å². The summed E-state index contributed by atoms with van der Waals surface area (Å²) in [5, 5.41) is 11.8. The van der Waals surface area contributed by atoms with E-state index in [0.29, 0.717) is 17.4 Å². The number of carbonyl (C=O) groups excluding carboxylic acids is 3. The summed E-state index contributed by atoms with van der Waals surface area (Å²) in [6, 6.07) is 0. The highest BCUT2D eigenvalue weighted by Gasteiger charge is 2.22. The second kappa shape index (κ2) is 64.2. The zero-order valence-corrected chi connectivity index (χ0v) is 54.5. The summed E-state index contributed by atoms with van der Waals surface area (Å²) in [5.41, 5.74) is 0. The van der Waals surface area contributed by atoms with Crippen LogP contribution in [-0.4, -0.2) is 82.3 Å². The summed E-state index contributed by atoms with van der Waals surface area (Å²) < 4.78 is 22.8. The third kappa shape index (κ3) is 65.6. The molecule has 0 radical (unpaired) electrons. The molecule has 83 heavy (non-hydrogen) atoms. The first kappa shape index (κ1) is 79.2. The Morgan fingerprint density at radius 2 is 0.651 bits per heavy atom. The van der Waals surface area contributed by atoms with E-state index in [1.165, 1.54) is 180 Å². The predicted molar refractivity (Wildman–Crippen MR) is 352 cm³/mol. The monoisotopic (exact) mass is 1160 g/mol. The average Bonchev–Trinajstić information content (AvgIpc) is 3.46. The summed E-state index contributed by atoms with van der Waals surface area (Å²) in [5.74, 6) is -2.27. The van der Waals surface area contributed by atoms with E-state index >= 15 is 0 Å². The standard InChI is InChI=1S/C74H129NO8/c1-6-8-10-12-14-16-18-20-22-24-26-28-30-32-33-34-35-36-37-38-39-41-43-45-47-49-51-53-55-57-59-61-63-65-72(77)83-70(69-82-74(73(78)79)80-67-66-75(3,4)5)68-81-71(76)64-62-60-58-56-54-52-50-48-46-44-42-40-31-29-27-25-23-21-19-17-15-13-11-9-7-2/h8-11,14-17,20-23,26-29,70,74H,6-7,12-13,18-19,24-25,30-69H2,1-5H3/b10-8-,11-9-,16-14-,17-15-,22-20-,23-21-,28-26-,29-27-. The van der Waals surface area contributed by atoms with Gasteiger partial charge >= 0.3 is 11.9 Å². The molecule has 2 unspecified atom stereocenters. The number of carboxylic acids is 1. The molecular formula is C74H129NO8. The molecular weight excluding hydrogens is 1030 g/mol. The Morgan fingerprint density at radius 3 is 0.964 bits per heavy atom. The van der Waals surface area contributed by atoms with Crippen LogP contribution in [0.5, 0.6) is 0 Å². The largest absolute Gasteiger partial charge is 0.545 e. The van der Waals surface area contributed by atoms with Crippen LogP contribution >= 0.6 is 0 Å². The zero-order chi connectivity index (χ0) is 60.5. The second-order valence-electron chi connectivity index (χ2n) is 24.1. The molecule has 0 amide bonds. The lowest BCUT2D eigenvalue weighted by Crippen LogP contribution is -2.44. The molecule has 478 valence electrons. The number of carboxylic acid groups (broad SMARTS) is 1. The second-order valence-corrected chi connectivity index (χ2v) is 24.1. The molecule has 0 aromatic heterocycles. The first-order valence-corrected chi connectivity index (χ1v) is 34.4. The molecule has 0 aliphatic rings. The van der Waals surface area contributed by atoms with E-state index in [-0.39, 0.29) is 38.6 Å². The highest BCUT2D eigenvalue weighted by Crippen LogP contribution is 2.18. The number of hydrogen-bond donors (Lipinski definition) is 0. The lowest BCUT2D eigenvalue weighted by molar-refractivity contribution is -0.870. The molecule has 0 heterocycles. The fourth-order valence-electron chi connectivity index (χ4n) is 9.64. The summed E-state index contributed by atoms with van der Waals surface area (Å²) >= 11 is 0. The van der Waals surface area contributed by atoms with Crippen LogP contribution < -0.4 is 5.11 Å². The van der Waals surface area contributed by atoms with E-state index in [2.05, 4.69) is 111 Å². The van der Waals surface area contributed by atoms with Crippen LogP contribution in [0.4, 0.5) is 0 Å². The highest BCUT2D eigenvalue weighted by atomic mass is 16.7. The van der Waals surface area contributed by atoms with Crippen molar-refractivity contribution < 1.29 is 42.9 Å². The van der Waals surface area contributed by atoms with Crippen molar-refractivity contribution in [2.24, 2.45) is 0 Å². The van der Waals surface area contributed by atoms with Gasteiger partial charge in [-0.25, -0.2) is 0 Å². The zero-order valence-electron chi connectivity index (χ0n) is 54.5. The van der Waals surface area contributed by atoms with Crippen LogP contribution in [0, 0.1) is 0 Å². The molecule has 0 aromatic carbocycles. The number of aliphatic carboxylic acids is 1. The van der Waals surface area contributed by atoms with Crippen LogP contribution in [0.3, 0.4) is 0 Å². The van der Waals surface area contributed by atoms with E-state index in [1.54, 1.807) is 0 Å². The van der Waals surface area contributed by atoms with Crippen LogP contribution in [-0.2, 0) is 33.3 Å². The summed E-state index contributed by atoms with van der Waals surface area (Å²) in [4.78, 5) is 37.5. The van der Waals surface area contributed by atoms with Gasteiger partial charge in [-0.15, -0.1) is 0 Å². The number of unbranched alkanes of at least 4 members (excludes halogenated alkanes) is 32. The van der Waals surface area contributed by atoms with E-state index in [0.717, 1.165) is 83.5 Å². The van der Waals surface area contributed by atoms with E-state index in [9.17, 15) is 19.5 Å². The Morgan fingerprint density at radius 1 is 0.361 bits per heavy atom. The van der Waals surface area contributed by atoms with Crippen LogP contribution in [0.1, 0.15) is 296 Å². The molecule has 0 aliphatic heterocycles. The molecule has 9 nitrogen and oxygen atoms in total. The minimum absolute atomic E-state index is 0.146. The maximum atomic E-state index is 12.9. The Balaban J connectivity index is 4.09. The van der Waals surface area contributed by atoms with Gasteiger partial charge in [0.05, 0.1) is 40.3 Å². The third-order valence-corrected chi connectivity index (χ3v) is 14.8. The number of carbonyl (C=O) groups is 3. The van der Waals surface area contributed by atoms with Crippen molar-refractivity contribution in [3.05, 3.63) is 97.2 Å². The molecule has 0 saturated heterocycles. The Bertz CT molecular complexity index is 1680. The molecule has 0 aromatic rings. The summed E-state index contributed by atoms with van der Waals surface area (Å²) in [6.07, 6.45) is 84.8. The number of rotatable bonds is 63. The lowest BCUT2D eigenvalue weighted by Gasteiger charge is -2.26. The number of quaternary nitrogens is 1. The minimum Gasteiger partial charge on any atom is -0.545 e. The van der Waals surface area contributed by atoms with Gasteiger partial charge in [0.1, 0.15) is 13.2 Å². The van der Waals surface area contributed by atoms with Gasteiger partial charge in [-0.1, -0.05) is 291 Å². The number of nitrogens with zero attached hydrogens (tertiary/aromatic N) is 1. The van der Waals surface area contributed by atoms with Crippen molar-refractivity contribution in [2.45, 2.75) is 309 Å². The predicted octanol–water partition coefficient (Wildman–Crippen LogP) is 19.9. The van der Waals surface area contributed by atoms with Gasteiger partial charge in [0, 0.05) is 12.8 Å². The Hall–Kier alpha value is -3.79. The molecule has 0 rings (SSSR count). The normalized spacial score (nSPS) is 13.3. The van der Waals surface area contributed by atoms with Gasteiger partial charge in [0.15, 0.2) is 12.4 Å². The van der Waals surface area contributed by atoms with E-state index < -0.39 is 24.3 Å². The number of esters is 2. The van der Waals surface area contributed by atoms with Gasteiger partial charge in [0.2, 0.25) is 0 Å². The van der Waals surface area contributed by atoms with Crippen LogP contribution in [0.25, 0.3) is 0 Å². The van der Waals surface area contributed by atoms with Gasteiger partial charge in [-0.3, -0.25) is 9.59 Å². The van der Waals surface area contributed by atoms with Crippen molar-refractivity contribution in [1.29, 1.82) is 0 Å². The smallest absolute Gasteiger partial charge is 0.306 e. The van der Waals surface area contributed by atoms with Crippen molar-refractivity contribution >= 4 is 17.9 Å². The van der Waals surface area contributed by atoms with E-state index in [4.69, 9.17) is 18.9 Å². The molecule has 9 heteroatoms. The summed E-state index contributed by atoms with van der Waals surface area (Å²) in [7, 11) is 5.93. The molecule has 0 fully saturated rings. The molecule has 0 saturated carbocycles. The van der Waals surface area contributed by atoms with Gasteiger partial charge < -0.3 is 33.3 Å². The quantitative estimate of drug-likeness (QED) is 0.0195. The molecule has 2 atom stereocenters. The molecule has 0 aliphatic carbocycles. The fourth-order valence-corrected chi connectivity index (χ4v) is 9.64. The van der Waals surface area contributed by atoms with Gasteiger partial charge in [-0.05, 0) is 89.9 Å². The van der Waals surface area contributed by atoms with Crippen molar-refractivity contribution in [1.82, 2.24) is 0 Å². The molecule has 0 bridgehead atoms. The lowest BCUT2D eigenvalue weighted by atomic mass is 10.0. The number of likely N-dealkylation sites (N-methyl/N-ethyl adjacent to an activating group) is 1. The average molecular weight is 1160 g/mol. The van der Waals surface area contributed by atoms with E-state index in [1.807, 2.05) is 21.1 Å². The fraction of sp³-hybridized carbons (Fsp3) is 0.743. The van der Waals surface area contributed by atoms with Crippen LogP contribution in [0.15, 0.2) is 97.2 Å². The maximum absolute atomic E-state index is 12.9. The maximum Gasteiger partial charge on any atom is 0.306 e. The Kier molecular flexibility index (Phi) is 61.3. The van der Waals surface area contributed by atoms with Crippen molar-refractivity contribution in [3.63, 3.8) is 0 Å². The number of ether oxygens (including phenoxy) is 4. The third-order valence-electron chi connectivity index (χ3n) is 14.8. The SMILES string of the molecule is CC/C=C\C/C=C\C/C=C\C/C=C\CCCCCCCCCCCCCCCCCCCCCCC(=O)OC(COC(=O)CCCCCCCCCCCCCC/C=C\C/C=C\C/C=C\C/C=C\CC)COC(OCC[N+](C)(C)C)C(=O)[O-]. The van der Waals surface area contributed by atoms with Gasteiger partial charge in [0.25, 0.3) is 0 Å². The molecule has 0 N–H and O–H groups in total. The number of allylic oxidation sites excluding steroid dienone is 16. The van der Waals surface area contributed by atoms with Crippen molar-refractivity contribution in [2.75, 3.05) is 47.5 Å². The Labute approximate surface area is 512 Å². The first-order chi connectivity index (χ1) is 40.6. The van der Waals surface area contributed by atoms with Crippen molar-refractivity contribution in [3.8, 4) is 0 Å². The number of hydrogen-bond acceptors (Lipinski definition) is 8. The summed E-state index contributed by atoms with van der Waals surface area (Å²) in [6.45, 7) is 4.55.